The summed E-state index contributed by atoms with van der Waals surface area (Å²) in [6.07, 6.45) is 1.86. The Balaban J connectivity index is 1.77. The normalized spacial score (nSPS) is 16.6. The molecule has 1 saturated heterocycles. The maximum Gasteiger partial charge on any atom is 0.232 e. The highest BCUT2D eigenvalue weighted by Gasteiger charge is 2.21. The van der Waals surface area contributed by atoms with Crippen molar-refractivity contribution in [1.82, 2.24) is 4.90 Å². The number of aliphatic hydroxyl groups excluding tert-OH is 1. The van der Waals surface area contributed by atoms with Crippen LogP contribution in [0.1, 0.15) is 18.4 Å². The predicted molar refractivity (Wildman–Crippen MR) is 78.3 cm³/mol. The Kier molecular flexibility index (Phi) is 5.28. The van der Waals surface area contributed by atoms with Gasteiger partial charge in [0.25, 0.3) is 0 Å². The Morgan fingerprint density at radius 2 is 1.95 bits per heavy atom. The van der Waals surface area contributed by atoms with Crippen molar-refractivity contribution in [3.63, 3.8) is 0 Å². The molecule has 0 aliphatic carbocycles. The van der Waals surface area contributed by atoms with Crippen LogP contribution in [-0.2, 0) is 4.79 Å². The first-order valence-corrected chi connectivity index (χ1v) is 7.75. The summed E-state index contributed by atoms with van der Waals surface area (Å²) in [6, 6.07) is 8.26. The molecule has 1 fully saturated rings. The first-order valence-electron chi connectivity index (χ1n) is 6.77. The van der Waals surface area contributed by atoms with Gasteiger partial charge in [-0.15, -0.1) is 11.8 Å². The highest BCUT2D eigenvalue weighted by molar-refractivity contribution is 8.00. The van der Waals surface area contributed by atoms with Crippen LogP contribution in [0, 0.1) is 12.8 Å². The summed E-state index contributed by atoms with van der Waals surface area (Å²) in [6.45, 7) is 3.89. The van der Waals surface area contributed by atoms with E-state index in [1.807, 2.05) is 4.90 Å². The number of amides is 1. The van der Waals surface area contributed by atoms with Crippen LogP contribution >= 0.6 is 11.8 Å². The number of aliphatic hydroxyl groups is 1. The van der Waals surface area contributed by atoms with Crippen molar-refractivity contribution in [3.05, 3.63) is 29.8 Å². The molecule has 1 aromatic rings. The number of hydrogen-bond acceptors (Lipinski definition) is 3. The van der Waals surface area contributed by atoms with Gasteiger partial charge in [-0.05, 0) is 37.8 Å². The van der Waals surface area contributed by atoms with Crippen molar-refractivity contribution in [3.8, 4) is 0 Å². The Hall–Kier alpha value is -1.00. The lowest BCUT2D eigenvalue weighted by Gasteiger charge is -2.31. The van der Waals surface area contributed by atoms with Gasteiger partial charge in [-0.25, -0.2) is 0 Å². The van der Waals surface area contributed by atoms with Gasteiger partial charge in [0.15, 0.2) is 0 Å². The van der Waals surface area contributed by atoms with Crippen LogP contribution in [0.25, 0.3) is 0 Å². The van der Waals surface area contributed by atoms with Crippen molar-refractivity contribution in [2.24, 2.45) is 5.92 Å². The topological polar surface area (TPSA) is 40.5 Å². The van der Waals surface area contributed by atoms with Gasteiger partial charge in [0.2, 0.25) is 5.91 Å². The summed E-state index contributed by atoms with van der Waals surface area (Å²) in [7, 11) is 0. The Morgan fingerprint density at radius 1 is 1.32 bits per heavy atom. The molecule has 0 atom stereocenters. The fourth-order valence-corrected chi connectivity index (χ4v) is 3.04. The molecule has 0 radical (unpaired) electrons. The molecule has 0 saturated carbocycles. The number of likely N-dealkylation sites (tertiary alicyclic amines) is 1. The smallest absolute Gasteiger partial charge is 0.232 e. The molecule has 0 aromatic heterocycles. The summed E-state index contributed by atoms with van der Waals surface area (Å²) in [5.74, 6) is 1.10. The predicted octanol–water partition coefficient (Wildman–Crippen LogP) is 2.32. The monoisotopic (exact) mass is 279 g/mol. The number of rotatable bonds is 4. The molecule has 0 spiro atoms. The lowest BCUT2D eigenvalue weighted by atomic mass is 9.98. The molecule has 1 aliphatic rings. The van der Waals surface area contributed by atoms with E-state index in [2.05, 4.69) is 31.2 Å². The van der Waals surface area contributed by atoms with E-state index in [4.69, 9.17) is 5.11 Å². The first-order chi connectivity index (χ1) is 9.19. The van der Waals surface area contributed by atoms with Gasteiger partial charge in [-0.1, -0.05) is 17.7 Å². The lowest BCUT2D eigenvalue weighted by Crippen LogP contribution is -2.40. The van der Waals surface area contributed by atoms with Crippen molar-refractivity contribution >= 4 is 17.7 Å². The standard InChI is InChI=1S/C15H21NO2S/c1-12-2-4-14(5-3-12)19-11-15(18)16-8-6-13(10-17)7-9-16/h2-5,13,17H,6-11H2,1H3. The van der Waals surface area contributed by atoms with Gasteiger partial charge < -0.3 is 10.0 Å². The molecular formula is C15H21NO2S. The van der Waals surface area contributed by atoms with Crippen LogP contribution in [0.4, 0.5) is 0 Å². The van der Waals surface area contributed by atoms with Gasteiger partial charge in [-0.3, -0.25) is 4.79 Å². The van der Waals surface area contributed by atoms with Crippen LogP contribution in [0.5, 0.6) is 0 Å². The maximum atomic E-state index is 12.1. The van der Waals surface area contributed by atoms with E-state index >= 15 is 0 Å². The van der Waals surface area contributed by atoms with Gasteiger partial charge >= 0.3 is 0 Å². The fraction of sp³-hybridized carbons (Fsp3) is 0.533. The number of piperidine rings is 1. The molecule has 4 heteroatoms. The van der Waals surface area contributed by atoms with Crippen LogP contribution in [0.15, 0.2) is 29.2 Å². The number of benzene rings is 1. The molecule has 2 rings (SSSR count). The van der Waals surface area contributed by atoms with Crippen molar-refractivity contribution in [2.75, 3.05) is 25.4 Å². The van der Waals surface area contributed by atoms with E-state index in [0.717, 1.165) is 30.8 Å². The molecule has 1 heterocycles. The Bertz CT molecular complexity index is 411. The SMILES string of the molecule is Cc1ccc(SCC(=O)N2CCC(CO)CC2)cc1. The van der Waals surface area contributed by atoms with E-state index in [1.54, 1.807) is 11.8 Å². The summed E-state index contributed by atoms with van der Waals surface area (Å²) in [5, 5.41) is 9.08. The van der Waals surface area contributed by atoms with E-state index in [-0.39, 0.29) is 12.5 Å². The molecule has 0 bridgehead atoms. The van der Waals surface area contributed by atoms with Crippen molar-refractivity contribution in [1.29, 1.82) is 0 Å². The Morgan fingerprint density at radius 3 is 2.53 bits per heavy atom. The fourth-order valence-electron chi connectivity index (χ4n) is 2.24. The largest absolute Gasteiger partial charge is 0.396 e. The minimum atomic E-state index is 0.210. The van der Waals surface area contributed by atoms with Crippen LogP contribution < -0.4 is 0 Å². The molecule has 19 heavy (non-hydrogen) atoms. The number of thioether (sulfide) groups is 1. The number of hydrogen-bond donors (Lipinski definition) is 1. The second-order valence-electron chi connectivity index (χ2n) is 5.11. The maximum absolute atomic E-state index is 12.1. The van der Waals surface area contributed by atoms with E-state index in [0.29, 0.717) is 11.7 Å². The van der Waals surface area contributed by atoms with Crippen LogP contribution in [0.2, 0.25) is 0 Å². The van der Waals surface area contributed by atoms with Gasteiger partial charge in [-0.2, -0.15) is 0 Å². The number of carbonyl (C=O) groups is 1. The minimum absolute atomic E-state index is 0.210. The zero-order chi connectivity index (χ0) is 13.7. The van der Waals surface area contributed by atoms with Gasteiger partial charge in [0, 0.05) is 24.6 Å². The summed E-state index contributed by atoms with van der Waals surface area (Å²) in [4.78, 5) is 15.1. The van der Waals surface area contributed by atoms with E-state index in [1.165, 1.54) is 5.56 Å². The summed E-state index contributed by atoms with van der Waals surface area (Å²) < 4.78 is 0. The number of nitrogens with zero attached hydrogens (tertiary/aromatic N) is 1. The van der Waals surface area contributed by atoms with Gasteiger partial charge in [0.05, 0.1) is 5.75 Å². The third-order valence-electron chi connectivity index (χ3n) is 3.61. The highest BCUT2D eigenvalue weighted by Crippen LogP contribution is 2.21. The quantitative estimate of drug-likeness (QED) is 0.860. The lowest BCUT2D eigenvalue weighted by molar-refractivity contribution is -0.129. The third-order valence-corrected chi connectivity index (χ3v) is 4.61. The third kappa shape index (κ3) is 4.25. The molecule has 1 N–H and O–H groups in total. The van der Waals surface area contributed by atoms with E-state index < -0.39 is 0 Å². The molecule has 104 valence electrons. The van der Waals surface area contributed by atoms with E-state index in [9.17, 15) is 4.79 Å². The second kappa shape index (κ2) is 6.96. The summed E-state index contributed by atoms with van der Waals surface area (Å²) >= 11 is 1.60. The molecule has 1 amide bonds. The second-order valence-corrected chi connectivity index (χ2v) is 6.16. The zero-order valence-corrected chi connectivity index (χ0v) is 12.2. The Labute approximate surface area is 119 Å². The summed E-state index contributed by atoms with van der Waals surface area (Å²) in [5.41, 5.74) is 1.24. The van der Waals surface area contributed by atoms with Crippen molar-refractivity contribution < 1.29 is 9.90 Å². The minimum Gasteiger partial charge on any atom is -0.396 e. The number of aryl methyl sites for hydroxylation is 1. The number of carbonyl (C=O) groups excluding carboxylic acids is 1. The molecule has 3 nitrogen and oxygen atoms in total. The highest BCUT2D eigenvalue weighted by atomic mass is 32.2. The van der Waals surface area contributed by atoms with Crippen LogP contribution in [-0.4, -0.2) is 41.4 Å². The molecule has 1 aliphatic heterocycles. The molecule has 0 unspecified atom stereocenters. The average Bonchev–Trinajstić information content (AvgIpc) is 2.46. The molecule has 1 aromatic carbocycles. The average molecular weight is 279 g/mol. The zero-order valence-electron chi connectivity index (χ0n) is 11.3. The molecular weight excluding hydrogens is 258 g/mol. The van der Waals surface area contributed by atoms with Gasteiger partial charge in [0.1, 0.15) is 0 Å². The van der Waals surface area contributed by atoms with Crippen LogP contribution in [0.3, 0.4) is 0 Å². The first kappa shape index (κ1) is 14.4. The van der Waals surface area contributed by atoms with Crippen molar-refractivity contribution in [2.45, 2.75) is 24.7 Å².